The normalized spacial score (nSPS) is 10.8. The zero-order valence-corrected chi connectivity index (χ0v) is 14.0. The van der Waals surface area contributed by atoms with Gasteiger partial charge in [-0.2, -0.15) is 0 Å². The van der Waals surface area contributed by atoms with Crippen LogP contribution in [0, 0.1) is 0 Å². The summed E-state index contributed by atoms with van der Waals surface area (Å²) in [5, 5.41) is 3.34. The Labute approximate surface area is 135 Å². The molecule has 3 heteroatoms. The molecule has 0 bridgehead atoms. The third-order valence-corrected chi connectivity index (χ3v) is 4.12. The molecule has 2 aromatic carbocycles. The average Bonchev–Trinajstić information content (AvgIpc) is 2.51. The van der Waals surface area contributed by atoms with Crippen molar-refractivity contribution in [3.63, 3.8) is 0 Å². The van der Waals surface area contributed by atoms with Crippen LogP contribution in [0.15, 0.2) is 53.0 Å². The molecule has 0 unspecified atom stereocenters. The highest BCUT2D eigenvalue weighted by atomic mass is 79.9. The highest BCUT2D eigenvalue weighted by Crippen LogP contribution is 2.17. The predicted octanol–water partition coefficient (Wildman–Crippen LogP) is 4.32. The van der Waals surface area contributed by atoms with Crippen molar-refractivity contribution in [3.8, 4) is 0 Å². The molecule has 0 spiro atoms. The topological polar surface area (TPSA) is 21.3 Å². The standard InChI is InChI=1S/C18H22BrNO/c1-2-20-12-11-15-7-9-16(10-8-15)13-21-14-17-5-3-4-6-18(17)19/h3-10,20H,2,11-14H2,1H3. The van der Waals surface area contributed by atoms with Crippen LogP contribution >= 0.6 is 15.9 Å². The van der Waals surface area contributed by atoms with Crippen LogP contribution in [-0.4, -0.2) is 13.1 Å². The fourth-order valence-electron chi connectivity index (χ4n) is 2.11. The fraction of sp³-hybridized carbons (Fsp3) is 0.333. The predicted molar refractivity (Wildman–Crippen MR) is 91.3 cm³/mol. The molecule has 2 aromatic rings. The minimum Gasteiger partial charge on any atom is -0.372 e. The summed E-state index contributed by atoms with van der Waals surface area (Å²) in [7, 11) is 0. The number of ether oxygens (including phenoxy) is 1. The molecular formula is C18H22BrNO. The Balaban J connectivity index is 1.77. The Morgan fingerprint density at radius 2 is 1.67 bits per heavy atom. The Morgan fingerprint density at radius 1 is 0.952 bits per heavy atom. The van der Waals surface area contributed by atoms with E-state index in [0.717, 1.165) is 24.0 Å². The molecule has 1 N–H and O–H groups in total. The van der Waals surface area contributed by atoms with E-state index in [9.17, 15) is 0 Å². The van der Waals surface area contributed by atoms with Crippen molar-refractivity contribution in [2.75, 3.05) is 13.1 Å². The monoisotopic (exact) mass is 347 g/mol. The smallest absolute Gasteiger partial charge is 0.0732 e. The molecule has 0 atom stereocenters. The van der Waals surface area contributed by atoms with Crippen LogP contribution in [0.5, 0.6) is 0 Å². The van der Waals surface area contributed by atoms with Gasteiger partial charge in [-0.1, -0.05) is 65.3 Å². The molecular weight excluding hydrogens is 326 g/mol. The number of benzene rings is 2. The molecule has 2 rings (SSSR count). The number of nitrogens with one attached hydrogen (secondary N) is 1. The molecule has 0 aliphatic rings. The molecule has 0 amide bonds. The summed E-state index contributed by atoms with van der Waals surface area (Å²) >= 11 is 3.54. The van der Waals surface area contributed by atoms with Gasteiger partial charge in [-0.3, -0.25) is 0 Å². The maximum atomic E-state index is 5.78. The maximum Gasteiger partial charge on any atom is 0.0732 e. The third-order valence-electron chi connectivity index (χ3n) is 3.35. The van der Waals surface area contributed by atoms with E-state index < -0.39 is 0 Å². The minimum atomic E-state index is 0.629. The maximum absolute atomic E-state index is 5.78. The molecule has 0 radical (unpaired) electrons. The summed E-state index contributed by atoms with van der Waals surface area (Å²) in [6.45, 7) is 5.47. The van der Waals surface area contributed by atoms with E-state index in [4.69, 9.17) is 4.74 Å². The van der Waals surface area contributed by atoms with Crippen LogP contribution in [-0.2, 0) is 24.4 Å². The van der Waals surface area contributed by atoms with Gasteiger partial charge >= 0.3 is 0 Å². The summed E-state index contributed by atoms with van der Waals surface area (Å²) in [6, 6.07) is 16.8. The largest absolute Gasteiger partial charge is 0.372 e. The summed E-state index contributed by atoms with van der Waals surface area (Å²) in [6.07, 6.45) is 1.08. The summed E-state index contributed by atoms with van der Waals surface area (Å²) < 4.78 is 6.88. The average molecular weight is 348 g/mol. The number of likely N-dealkylation sites (N-methyl/N-ethyl adjacent to an activating group) is 1. The van der Waals surface area contributed by atoms with Gasteiger partial charge in [0, 0.05) is 4.47 Å². The first-order chi connectivity index (χ1) is 10.3. The molecule has 0 saturated carbocycles. The van der Waals surface area contributed by atoms with Gasteiger partial charge < -0.3 is 10.1 Å². The third kappa shape index (κ3) is 5.62. The number of rotatable bonds is 8. The van der Waals surface area contributed by atoms with E-state index in [2.05, 4.69) is 58.5 Å². The summed E-state index contributed by atoms with van der Waals surface area (Å²) in [5.74, 6) is 0. The highest BCUT2D eigenvalue weighted by Gasteiger charge is 2.00. The van der Waals surface area contributed by atoms with E-state index in [1.54, 1.807) is 0 Å². The van der Waals surface area contributed by atoms with Crippen molar-refractivity contribution in [3.05, 3.63) is 69.7 Å². The van der Waals surface area contributed by atoms with Crippen LogP contribution in [0.4, 0.5) is 0 Å². The van der Waals surface area contributed by atoms with Crippen molar-refractivity contribution in [2.45, 2.75) is 26.6 Å². The number of hydrogen-bond donors (Lipinski definition) is 1. The lowest BCUT2D eigenvalue weighted by atomic mass is 10.1. The van der Waals surface area contributed by atoms with E-state index in [0.29, 0.717) is 13.2 Å². The van der Waals surface area contributed by atoms with Gasteiger partial charge in [-0.25, -0.2) is 0 Å². The van der Waals surface area contributed by atoms with Crippen molar-refractivity contribution in [1.82, 2.24) is 5.32 Å². The van der Waals surface area contributed by atoms with Gasteiger partial charge in [0.15, 0.2) is 0 Å². The first kappa shape index (κ1) is 16.2. The molecule has 0 fully saturated rings. The van der Waals surface area contributed by atoms with Gasteiger partial charge in [0.2, 0.25) is 0 Å². The lowest BCUT2D eigenvalue weighted by molar-refractivity contribution is 0.107. The van der Waals surface area contributed by atoms with Gasteiger partial charge in [-0.15, -0.1) is 0 Å². The zero-order valence-electron chi connectivity index (χ0n) is 12.4. The van der Waals surface area contributed by atoms with Crippen LogP contribution < -0.4 is 5.32 Å². The van der Waals surface area contributed by atoms with E-state index in [1.165, 1.54) is 16.7 Å². The van der Waals surface area contributed by atoms with Crippen LogP contribution in [0.2, 0.25) is 0 Å². The minimum absolute atomic E-state index is 0.629. The van der Waals surface area contributed by atoms with Crippen LogP contribution in [0.3, 0.4) is 0 Å². The SMILES string of the molecule is CCNCCc1ccc(COCc2ccccc2Br)cc1. The van der Waals surface area contributed by atoms with Gasteiger partial charge in [0.25, 0.3) is 0 Å². The molecule has 0 aliphatic heterocycles. The Bertz CT molecular complexity index is 539. The molecule has 21 heavy (non-hydrogen) atoms. The number of hydrogen-bond acceptors (Lipinski definition) is 2. The molecule has 2 nitrogen and oxygen atoms in total. The molecule has 0 heterocycles. The zero-order chi connectivity index (χ0) is 14.9. The lowest BCUT2D eigenvalue weighted by Gasteiger charge is -2.07. The van der Waals surface area contributed by atoms with Crippen molar-refractivity contribution in [1.29, 1.82) is 0 Å². The Kier molecular flexibility index (Phi) is 6.93. The lowest BCUT2D eigenvalue weighted by Crippen LogP contribution is -2.15. The summed E-state index contributed by atoms with van der Waals surface area (Å²) in [4.78, 5) is 0. The quantitative estimate of drug-likeness (QED) is 0.718. The second kappa shape index (κ2) is 8.98. The Hall–Kier alpha value is -1.16. The van der Waals surface area contributed by atoms with Gasteiger partial charge in [-0.05, 0) is 42.3 Å². The van der Waals surface area contributed by atoms with Gasteiger partial charge in [0.05, 0.1) is 13.2 Å². The highest BCUT2D eigenvalue weighted by molar-refractivity contribution is 9.10. The molecule has 0 aliphatic carbocycles. The number of halogens is 1. The molecule has 0 saturated heterocycles. The Morgan fingerprint density at radius 3 is 2.38 bits per heavy atom. The van der Waals surface area contributed by atoms with Crippen LogP contribution in [0.25, 0.3) is 0 Å². The van der Waals surface area contributed by atoms with E-state index in [1.807, 2.05) is 18.2 Å². The molecule has 0 aromatic heterocycles. The van der Waals surface area contributed by atoms with Crippen molar-refractivity contribution in [2.24, 2.45) is 0 Å². The molecule has 112 valence electrons. The second-order valence-corrected chi connectivity index (χ2v) is 5.86. The van der Waals surface area contributed by atoms with E-state index in [-0.39, 0.29) is 0 Å². The van der Waals surface area contributed by atoms with E-state index >= 15 is 0 Å². The summed E-state index contributed by atoms with van der Waals surface area (Å²) in [5.41, 5.74) is 3.76. The second-order valence-electron chi connectivity index (χ2n) is 5.00. The van der Waals surface area contributed by atoms with Crippen LogP contribution in [0.1, 0.15) is 23.6 Å². The first-order valence-corrected chi connectivity index (χ1v) is 8.18. The van der Waals surface area contributed by atoms with Crippen molar-refractivity contribution >= 4 is 15.9 Å². The van der Waals surface area contributed by atoms with Gasteiger partial charge in [0.1, 0.15) is 0 Å². The fourth-order valence-corrected chi connectivity index (χ4v) is 2.51. The first-order valence-electron chi connectivity index (χ1n) is 7.39. The van der Waals surface area contributed by atoms with Crippen molar-refractivity contribution < 1.29 is 4.74 Å².